The molecule has 1 rings (SSSR count). The molecule has 1 aromatic carbocycles. The van der Waals surface area contributed by atoms with Crippen LogP contribution >= 0.6 is 0 Å². The number of aliphatic hydroxyl groups excluding tert-OH is 1. The molecule has 0 saturated heterocycles. The van der Waals surface area contributed by atoms with Crippen LogP contribution in [0.1, 0.15) is 18.9 Å². The third-order valence-electron chi connectivity index (χ3n) is 2.56. The number of benzene rings is 1. The lowest BCUT2D eigenvalue weighted by atomic mass is 9.99. The van der Waals surface area contributed by atoms with Gasteiger partial charge in [-0.05, 0) is 12.5 Å². The Morgan fingerprint density at radius 3 is 2.40 bits per heavy atom. The van der Waals surface area contributed by atoms with Crippen molar-refractivity contribution in [1.29, 1.82) is 0 Å². The fraction of sp³-hybridized carbons (Fsp3) is 0.462. The van der Waals surface area contributed by atoms with Crippen molar-refractivity contribution in [3.05, 3.63) is 35.9 Å². The highest BCUT2D eigenvalue weighted by atomic mass is 19.4. The van der Waals surface area contributed by atoms with E-state index in [1.165, 1.54) is 0 Å². The maximum Gasteiger partial charge on any atom is 0.407 e. The summed E-state index contributed by atoms with van der Waals surface area (Å²) < 4.78 is 41.8. The second kappa shape index (κ2) is 6.60. The SMILES string of the molecule is CC(CO)(CC(F)(F)F)NC(=O)OCc1ccccc1. The fourth-order valence-electron chi connectivity index (χ4n) is 1.59. The van der Waals surface area contributed by atoms with Crippen LogP contribution < -0.4 is 5.32 Å². The quantitative estimate of drug-likeness (QED) is 0.876. The van der Waals surface area contributed by atoms with Gasteiger partial charge in [0.25, 0.3) is 0 Å². The summed E-state index contributed by atoms with van der Waals surface area (Å²) >= 11 is 0. The zero-order valence-corrected chi connectivity index (χ0v) is 10.9. The lowest BCUT2D eigenvalue weighted by molar-refractivity contribution is -0.151. The first-order valence-electron chi connectivity index (χ1n) is 5.90. The van der Waals surface area contributed by atoms with E-state index in [1.54, 1.807) is 30.3 Å². The van der Waals surface area contributed by atoms with E-state index < -0.39 is 30.8 Å². The monoisotopic (exact) mass is 291 g/mol. The summed E-state index contributed by atoms with van der Waals surface area (Å²) in [5, 5.41) is 11.1. The second-order valence-corrected chi connectivity index (χ2v) is 4.70. The van der Waals surface area contributed by atoms with Gasteiger partial charge < -0.3 is 15.2 Å². The highest BCUT2D eigenvalue weighted by molar-refractivity contribution is 5.68. The molecule has 7 heteroatoms. The van der Waals surface area contributed by atoms with Crippen LogP contribution in [-0.2, 0) is 11.3 Å². The van der Waals surface area contributed by atoms with E-state index in [0.717, 1.165) is 6.92 Å². The molecule has 2 N–H and O–H groups in total. The van der Waals surface area contributed by atoms with Crippen molar-refractivity contribution in [3.63, 3.8) is 0 Å². The average Bonchev–Trinajstić information content (AvgIpc) is 2.35. The van der Waals surface area contributed by atoms with Crippen LogP contribution in [0.15, 0.2) is 30.3 Å². The van der Waals surface area contributed by atoms with E-state index in [4.69, 9.17) is 9.84 Å². The maximum atomic E-state index is 12.3. The first-order chi connectivity index (χ1) is 9.24. The fourth-order valence-corrected chi connectivity index (χ4v) is 1.59. The molecule has 0 bridgehead atoms. The number of aliphatic hydroxyl groups is 1. The minimum atomic E-state index is -4.50. The first-order valence-corrected chi connectivity index (χ1v) is 5.90. The minimum Gasteiger partial charge on any atom is -0.445 e. The van der Waals surface area contributed by atoms with E-state index in [0.29, 0.717) is 5.56 Å². The van der Waals surface area contributed by atoms with Crippen molar-refractivity contribution in [3.8, 4) is 0 Å². The molecule has 0 saturated carbocycles. The summed E-state index contributed by atoms with van der Waals surface area (Å²) in [5.41, 5.74) is -1.09. The number of amides is 1. The van der Waals surface area contributed by atoms with Gasteiger partial charge in [0.05, 0.1) is 18.6 Å². The summed E-state index contributed by atoms with van der Waals surface area (Å²) in [6, 6.07) is 8.72. The average molecular weight is 291 g/mol. The van der Waals surface area contributed by atoms with Crippen LogP contribution in [-0.4, -0.2) is 29.5 Å². The number of carbonyl (C=O) groups is 1. The molecule has 0 radical (unpaired) electrons. The molecule has 0 heterocycles. The molecule has 0 aliphatic carbocycles. The predicted molar refractivity (Wildman–Crippen MR) is 65.9 cm³/mol. The van der Waals surface area contributed by atoms with E-state index in [9.17, 15) is 18.0 Å². The molecule has 1 unspecified atom stereocenters. The van der Waals surface area contributed by atoms with Crippen LogP contribution in [0, 0.1) is 0 Å². The number of nitrogens with one attached hydrogen (secondary N) is 1. The van der Waals surface area contributed by atoms with Gasteiger partial charge in [0, 0.05) is 0 Å². The summed E-state index contributed by atoms with van der Waals surface area (Å²) in [4.78, 5) is 11.5. The molecule has 112 valence electrons. The van der Waals surface area contributed by atoms with Gasteiger partial charge >= 0.3 is 12.3 Å². The summed E-state index contributed by atoms with van der Waals surface area (Å²) in [6.45, 7) is 0.206. The van der Waals surface area contributed by atoms with E-state index in [1.807, 2.05) is 5.32 Å². The minimum absolute atomic E-state index is 0.0554. The lowest BCUT2D eigenvalue weighted by Gasteiger charge is -2.29. The van der Waals surface area contributed by atoms with Gasteiger partial charge in [0.15, 0.2) is 0 Å². The Balaban J connectivity index is 2.51. The molecule has 0 aliphatic rings. The van der Waals surface area contributed by atoms with Crippen molar-refractivity contribution >= 4 is 6.09 Å². The number of carbonyl (C=O) groups excluding carboxylic acids is 1. The zero-order chi connectivity index (χ0) is 15.2. The molecular formula is C13H16F3NO3. The summed E-state index contributed by atoms with van der Waals surface area (Å²) in [5.74, 6) is 0. The van der Waals surface area contributed by atoms with Gasteiger partial charge in [-0.3, -0.25) is 0 Å². The predicted octanol–water partition coefficient (Wildman–Crippen LogP) is 2.62. The Kier molecular flexibility index (Phi) is 5.38. The standard InChI is InChI=1S/C13H16F3NO3/c1-12(9-18,8-13(14,15)16)17-11(19)20-7-10-5-3-2-4-6-10/h2-6,18H,7-9H2,1H3,(H,17,19). The highest BCUT2D eigenvalue weighted by Gasteiger charge is 2.40. The number of ether oxygens (including phenoxy) is 1. The van der Waals surface area contributed by atoms with Crippen molar-refractivity contribution in [2.24, 2.45) is 0 Å². The van der Waals surface area contributed by atoms with Crippen molar-refractivity contribution in [2.45, 2.75) is 31.7 Å². The normalized spacial score (nSPS) is 14.4. The van der Waals surface area contributed by atoms with Crippen molar-refractivity contribution in [1.82, 2.24) is 5.32 Å². The smallest absolute Gasteiger partial charge is 0.407 e. The number of rotatable bonds is 5. The first kappa shape index (κ1) is 16.3. The molecule has 4 nitrogen and oxygen atoms in total. The molecule has 0 fully saturated rings. The lowest BCUT2D eigenvalue weighted by Crippen LogP contribution is -2.51. The molecule has 0 spiro atoms. The largest absolute Gasteiger partial charge is 0.445 e. The Labute approximate surface area is 114 Å². The number of hydrogen-bond donors (Lipinski definition) is 2. The third-order valence-corrected chi connectivity index (χ3v) is 2.56. The van der Waals surface area contributed by atoms with Gasteiger partial charge in [-0.15, -0.1) is 0 Å². The Hall–Kier alpha value is -1.76. The summed E-state index contributed by atoms with van der Waals surface area (Å²) in [7, 11) is 0. The molecule has 20 heavy (non-hydrogen) atoms. The molecule has 1 atom stereocenters. The van der Waals surface area contributed by atoms with Gasteiger partial charge in [-0.1, -0.05) is 30.3 Å². The Bertz CT molecular complexity index is 436. The van der Waals surface area contributed by atoms with E-state index in [-0.39, 0.29) is 6.61 Å². The number of halogens is 3. The molecule has 1 amide bonds. The third kappa shape index (κ3) is 5.92. The number of hydrogen-bond acceptors (Lipinski definition) is 3. The van der Waals surface area contributed by atoms with Gasteiger partial charge in [0.1, 0.15) is 6.61 Å². The topological polar surface area (TPSA) is 58.6 Å². The Morgan fingerprint density at radius 1 is 1.30 bits per heavy atom. The van der Waals surface area contributed by atoms with Crippen LogP contribution in [0.2, 0.25) is 0 Å². The zero-order valence-electron chi connectivity index (χ0n) is 10.9. The van der Waals surface area contributed by atoms with E-state index in [2.05, 4.69) is 0 Å². The molecule has 0 aliphatic heterocycles. The molecule has 0 aromatic heterocycles. The maximum absolute atomic E-state index is 12.3. The van der Waals surface area contributed by atoms with Crippen LogP contribution in [0.25, 0.3) is 0 Å². The number of alkyl carbamates (subject to hydrolysis) is 1. The van der Waals surface area contributed by atoms with Crippen molar-refractivity contribution in [2.75, 3.05) is 6.61 Å². The number of alkyl halides is 3. The van der Waals surface area contributed by atoms with Crippen molar-refractivity contribution < 1.29 is 27.8 Å². The van der Waals surface area contributed by atoms with Gasteiger partial charge in [-0.2, -0.15) is 13.2 Å². The Morgan fingerprint density at radius 2 is 1.90 bits per heavy atom. The van der Waals surface area contributed by atoms with Crippen LogP contribution in [0.4, 0.5) is 18.0 Å². The highest BCUT2D eigenvalue weighted by Crippen LogP contribution is 2.27. The molecular weight excluding hydrogens is 275 g/mol. The van der Waals surface area contributed by atoms with Gasteiger partial charge in [0.2, 0.25) is 0 Å². The van der Waals surface area contributed by atoms with Crippen LogP contribution in [0.5, 0.6) is 0 Å². The van der Waals surface area contributed by atoms with Crippen LogP contribution in [0.3, 0.4) is 0 Å². The van der Waals surface area contributed by atoms with E-state index >= 15 is 0 Å². The summed E-state index contributed by atoms with van der Waals surface area (Å²) in [6.07, 6.45) is -6.84. The van der Waals surface area contributed by atoms with Gasteiger partial charge in [-0.25, -0.2) is 4.79 Å². The molecule has 1 aromatic rings. The second-order valence-electron chi connectivity index (χ2n) is 4.70.